The molecule has 18 heavy (non-hydrogen) atoms. The summed E-state index contributed by atoms with van der Waals surface area (Å²) in [4.78, 5) is 9.24. The van der Waals surface area contributed by atoms with Crippen molar-refractivity contribution in [3.05, 3.63) is 0 Å². The molecule has 1 aliphatic heterocycles. The van der Waals surface area contributed by atoms with Crippen LogP contribution in [0.1, 0.15) is 27.7 Å². The van der Waals surface area contributed by atoms with E-state index < -0.39 is 0 Å². The lowest BCUT2D eigenvalue weighted by Crippen LogP contribution is -2.31. The van der Waals surface area contributed by atoms with Gasteiger partial charge in [0.25, 0.3) is 0 Å². The van der Waals surface area contributed by atoms with E-state index in [0.29, 0.717) is 11.8 Å². The van der Waals surface area contributed by atoms with Crippen molar-refractivity contribution in [1.29, 1.82) is 0 Å². The van der Waals surface area contributed by atoms with E-state index in [2.05, 4.69) is 48.3 Å². The molecule has 2 atom stereocenters. The zero-order valence-electron chi connectivity index (χ0n) is 12.3. The summed E-state index contributed by atoms with van der Waals surface area (Å²) >= 11 is 0. The van der Waals surface area contributed by atoms with E-state index in [0.717, 1.165) is 39.3 Å². The molecule has 0 spiro atoms. The van der Waals surface area contributed by atoms with Gasteiger partial charge in [0, 0.05) is 49.4 Å². The minimum atomic E-state index is 0.511. The predicted molar refractivity (Wildman–Crippen MR) is 80.0 cm³/mol. The van der Waals surface area contributed by atoms with E-state index in [4.69, 9.17) is 0 Å². The van der Waals surface area contributed by atoms with Crippen LogP contribution in [0.5, 0.6) is 0 Å². The Hall–Kier alpha value is -0.740. The summed E-state index contributed by atoms with van der Waals surface area (Å²) < 4.78 is 0. The van der Waals surface area contributed by atoms with Crippen molar-refractivity contribution in [3.63, 3.8) is 0 Å². The molecule has 4 heteroatoms. The first-order valence-electron chi connectivity index (χ1n) is 7.04. The van der Waals surface area contributed by atoms with Gasteiger partial charge in [-0.05, 0) is 13.8 Å². The Kier molecular flexibility index (Phi) is 7.13. The Morgan fingerprint density at radius 2 is 1.22 bits per heavy atom. The van der Waals surface area contributed by atoms with E-state index in [-0.39, 0.29) is 0 Å². The second-order valence-corrected chi connectivity index (χ2v) is 5.26. The van der Waals surface area contributed by atoms with Crippen LogP contribution in [0, 0.1) is 11.8 Å². The van der Waals surface area contributed by atoms with Crippen LogP contribution in [0.4, 0.5) is 0 Å². The summed E-state index contributed by atoms with van der Waals surface area (Å²) in [5.74, 6) is 1.02. The van der Waals surface area contributed by atoms with Crippen molar-refractivity contribution in [2.24, 2.45) is 21.8 Å². The zero-order valence-corrected chi connectivity index (χ0v) is 12.3. The summed E-state index contributed by atoms with van der Waals surface area (Å²) in [5, 5.41) is 6.90. The number of nitrogens with one attached hydrogen (secondary N) is 2. The average Bonchev–Trinajstić information content (AvgIpc) is 2.35. The Morgan fingerprint density at radius 3 is 1.61 bits per heavy atom. The molecule has 0 saturated carbocycles. The highest BCUT2D eigenvalue weighted by atomic mass is 14.9. The van der Waals surface area contributed by atoms with Crippen LogP contribution in [0.15, 0.2) is 9.98 Å². The SMILES string of the molecule is CC1=NCCNCC(C)C(C)=NCCNCC1C. The molecule has 0 aromatic carbocycles. The van der Waals surface area contributed by atoms with Crippen LogP contribution in [-0.4, -0.2) is 50.7 Å². The largest absolute Gasteiger partial charge is 0.314 e. The maximum Gasteiger partial charge on any atom is 0.0513 e. The van der Waals surface area contributed by atoms with Gasteiger partial charge in [-0.2, -0.15) is 0 Å². The van der Waals surface area contributed by atoms with Crippen molar-refractivity contribution < 1.29 is 0 Å². The Bertz CT molecular complexity index is 266. The van der Waals surface area contributed by atoms with Crippen LogP contribution < -0.4 is 10.6 Å². The van der Waals surface area contributed by atoms with Crippen molar-refractivity contribution >= 4 is 11.4 Å². The molecule has 0 amide bonds. The maximum absolute atomic E-state index is 4.62. The highest BCUT2D eigenvalue weighted by Gasteiger charge is 2.07. The fourth-order valence-corrected chi connectivity index (χ4v) is 1.87. The van der Waals surface area contributed by atoms with Gasteiger partial charge in [-0.3, -0.25) is 9.98 Å². The van der Waals surface area contributed by atoms with Gasteiger partial charge in [-0.15, -0.1) is 0 Å². The molecule has 0 radical (unpaired) electrons. The monoisotopic (exact) mass is 252 g/mol. The van der Waals surface area contributed by atoms with E-state index in [9.17, 15) is 0 Å². The van der Waals surface area contributed by atoms with Crippen molar-refractivity contribution in [3.8, 4) is 0 Å². The van der Waals surface area contributed by atoms with Gasteiger partial charge in [0.05, 0.1) is 13.1 Å². The van der Waals surface area contributed by atoms with Crippen LogP contribution in [0.25, 0.3) is 0 Å². The highest BCUT2D eigenvalue weighted by molar-refractivity contribution is 5.84. The summed E-state index contributed by atoms with van der Waals surface area (Å²) in [5.41, 5.74) is 2.49. The number of aliphatic imine (C=N–C) groups is 2. The van der Waals surface area contributed by atoms with Crippen LogP contribution in [0.3, 0.4) is 0 Å². The summed E-state index contributed by atoms with van der Waals surface area (Å²) in [6.07, 6.45) is 0. The van der Waals surface area contributed by atoms with Gasteiger partial charge in [-0.1, -0.05) is 13.8 Å². The van der Waals surface area contributed by atoms with Crippen LogP contribution in [0.2, 0.25) is 0 Å². The van der Waals surface area contributed by atoms with Gasteiger partial charge in [-0.25, -0.2) is 0 Å². The van der Waals surface area contributed by atoms with E-state index in [1.807, 2.05) is 0 Å². The molecule has 2 unspecified atom stereocenters. The lowest BCUT2D eigenvalue weighted by Gasteiger charge is -2.15. The number of rotatable bonds is 0. The third-order valence-electron chi connectivity index (χ3n) is 3.63. The fraction of sp³-hybridized carbons (Fsp3) is 0.857. The second-order valence-electron chi connectivity index (χ2n) is 5.26. The van der Waals surface area contributed by atoms with Crippen molar-refractivity contribution in [2.45, 2.75) is 27.7 Å². The van der Waals surface area contributed by atoms with Gasteiger partial charge < -0.3 is 10.6 Å². The predicted octanol–water partition coefficient (Wildman–Crippen LogP) is 1.37. The summed E-state index contributed by atoms with van der Waals surface area (Å²) in [6, 6.07) is 0. The second kappa shape index (κ2) is 8.38. The van der Waals surface area contributed by atoms with Crippen molar-refractivity contribution in [2.75, 3.05) is 39.3 Å². The number of nitrogens with zero attached hydrogens (tertiary/aromatic N) is 2. The van der Waals surface area contributed by atoms with Gasteiger partial charge in [0.15, 0.2) is 0 Å². The topological polar surface area (TPSA) is 48.8 Å². The molecule has 0 aliphatic carbocycles. The zero-order chi connectivity index (χ0) is 13.4. The molecule has 4 nitrogen and oxygen atoms in total. The lowest BCUT2D eigenvalue weighted by atomic mass is 10.1. The number of hydrogen-bond donors (Lipinski definition) is 2. The molecule has 0 saturated heterocycles. The first-order chi connectivity index (χ1) is 8.61. The van der Waals surface area contributed by atoms with Crippen LogP contribution >= 0.6 is 0 Å². The van der Waals surface area contributed by atoms with Crippen molar-refractivity contribution in [1.82, 2.24) is 10.6 Å². The minimum absolute atomic E-state index is 0.511. The van der Waals surface area contributed by atoms with E-state index >= 15 is 0 Å². The third kappa shape index (κ3) is 5.74. The van der Waals surface area contributed by atoms with Gasteiger partial charge in [0.2, 0.25) is 0 Å². The van der Waals surface area contributed by atoms with E-state index in [1.165, 1.54) is 11.4 Å². The van der Waals surface area contributed by atoms with Gasteiger partial charge >= 0.3 is 0 Å². The Morgan fingerprint density at radius 1 is 0.833 bits per heavy atom. The van der Waals surface area contributed by atoms with Crippen LogP contribution in [-0.2, 0) is 0 Å². The Balaban J connectivity index is 2.53. The first kappa shape index (κ1) is 15.3. The Labute approximate surface area is 111 Å². The summed E-state index contributed by atoms with van der Waals surface area (Å²) in [7, 11) is 0. The normalized spacial score (nSPS) is 29.1. The fourth-order valence-electron chi connectivity index (χ4n) is 1.87. The molecule has 0 aromatic rings. The highest BCUT2D eigenvalue weighted by Crippen LogP contribution is 1.99. The molecule has 0 fully saturated rings. The number of hydrogen-bond acceptors (Lipinski definition) is 4. The third-order valence-corrected chi connectivity index (χ3v) is 3.63. The quantitative estimate of drug-likeness (QED) is 0.684. The molecular formula is C14H28N4. The first-order valence-corrected chi connectivity index (χ1v) is 7.04. The maximum atomic E-state index is 4.62. The molecule has 0 bridgehead atoms. The standard InChI is InChI=1S/C14H28N4/c1-11-9-15-5-8-18-14(4)12(2)10-16-6-7-17-13(11)3/h11-12,15-16H,5-10H2,1-4H3. The molecule has 104 valence electrons. The summed E-state index contributed by atoms with van der Waals surface area (Å²) in [6.45, 7) is 14.3. The lowest BCUT2D eigenvalue weighted by molar-refractivity contribution is 0.596. The molecule has 1 rings (SSSR count). The van der Waals surface area contributed by atoms with Gasteiger partial charge in [0.1, 0.15) is 0 Å². The average molecular weight is 252 g/mol. The molecule has 1 heterocycles. The molecule has 1 aliphatic rings. The smallest absolute Gasteiger partial charge is 0.0513 e. The molecular weight excluding hydrogens is 224 g/mol. The molecule has 0 aromatic heterocycles. The molecule has 2 N–H and O–H groups in total. The minimum Gasteiger partial charge on any atom is -0.314 e. The van der Waals surface area contributed by atoms with E-state index in [1.54, 1.807) is 0 Å².